The van der Waals surface area contributed by atoms with Crippen molar-refractivity contribution in [1.82, 2.24) is 10.2 Å². The standard InChI is InChI=1S/C12H26N2O2S2/c1-5-13-9-12(2,3)10-14-6-7-17-8-11(14)18(4,15)16/h11,13H,5-10H2,1-4H3. The zero-order chi connectivity index (χ0) is 13.8. The highest BCUT2D eigenvalue weighted by molar-refractivity contribution is 8.00. The van der Waals surface area contributed by atoms with Crippen LogP contribution in [0.1, 0.15) is 20.8 Å². The third kappa shape index (κ3) is 5.07. The molecule has 1 rings (SSSR count). The van der Waals surface area contributed by atoms with Gasteiger partial charge in [0.05, 0.1) is 0 Å². The average Bonchev–Trinajstić information content (AvgIpc) is 2.25. The molecule has 1 saturated heterocycles. The monoisotopic (exact) mass is 294 g/mol. The van der Waals surface area contributed by atoms with Crippen molar-refractivity contribution in [3.63, 3.8) is 0 Å². The van der Waals surface area contributed by atoms with Crippen LogP contribution in [0.3, 0.4) is 0 Å². The molecule has 1 atom stereocenters. The smallest absolute Gasteiger partial charge is 0.164 e. The van der Waals surface area contributed by atoms with Gasteiger partial charge in [-0.1, -0.05) is 20.8 Å². The van der Waals surface area contributed by atoms with E-state index in [0.29, 0.717) is 5.75 Å². The molecule has 0 radical (unpaired) electrons. The second-order valence-corrected chi connectivity index (χ2v) is 9.13. The molecule has 6 heteroatoms. The lowest BCUT2D eigenvalue weighted by Crippen LogP contribution is -2.51. The highest BCUT2D eigenvalue weighted by Crippen LogP contribution is 2.25. The van der Waals surface area contributed by atoms with Crippen molar-refractivity contribution in [3.8, 4) is 0 Å². The molecule has 108 valence electrons. The molecule has 4 nitrogen and oxygen atoms in total. The van der Waals surface area contributed by atoms with Gasteiger partial charge in [0.2, 0.25) is 0 Å². The SMILES string of the molecule is CCNCC(C)(C)CN1CCSCC1S(C)(=O)=O. The van der Waals surface area contributed by atoms with E-state index in [-0.39, 0.29) is 10.8 Å². The predicted octanol–water partition coefficient (Wildman–Crippen LogP) is 1.04. The highest BCUT2D eigenvalue weighted by Gasteiger charge is 2.34. The van der Waals surface area contributed by atoms with Crippen LogP contribution in [0, 0.1) is 5.41 Å². The van der Waals surface area contributed by atoms with Crippen molar-refractivity contribution in [2.24, 2.45) is 5.41 Å². The van der Waals surface area contributed by atoms with Crippen LogP contribution in [0.15, 0.2) is 0 Å². The number of rotatable bonds is 6. The minimum atomic E-state index is -2.98. The van der Waals surface area contributed by atoms with Gasteiger partial charge in [-0.2, -0.15) is 11.8 Å². The van der Waals surface area contributed by atoms with Gasteiger partial charge in [-0.15, -0.1) is 0 Å². The fourth-order valence-electron chi connectivity index (χ4n) is 2.26. The Morgan fingerprint density at radius 1 is 1.44 bits per heavy atom. The van der Waals surface area contributed by atoms with Crippen LogP contribution in [-0.4, -0.2) is 62.6 Å². The molecule has 0 aliphatic carbocycles. The molecule has 1 unspecified atom stereocenters. The van der Waals surface area contributed by atoms with Crippen LogP contribution in [-0.2, 0) is 9.84 Å². The minimum absolute atomic E-state index is 0.0982. The van der Waals surface area contributed by atoms with Gasteiger partial charge in [-0.25, -0.2) is 8.42 Å². The summed E-state index contributed by atoms with van der Waals surface area (Å²) in [4.78, 5) is 2.14. The fraction of sp³-hybridized carbons (Fsp3) is 1.00. The van der Waals surface area contributed by atoms with E-state index in [1.165, 1.54) is 6.26 Å². The molecule has 0 saturated carbocycles. The van der Waals surface area contributed by atoms with Crippen molar-refractivity contribution in [1.29, 1.82) is 0 Å². The van der Waals surface area contributed by atoms with E-state index in [2.05, 4.69) is 31.0 Å². The Hall–Kier alpha value is 0.220. The summed E-state index contributed by atoms with van der Waals surface area (Å²) in [6, 6.07) is 0. The van der Waals surface area contributed by atoms with Gasteiger partial charge in [0.15, 0.2) is 9.84 Å². The Kier molecular flexibility index (Phi) is 5.96. The molecule has 0 amide bonds. The number of hydrogen-bond acceptors (Lipinski definition) is 5. The normalized spacial score (nSPS) is 23.2. The van der Waals surface area contributed by atoms with Crippen molar-refractivity contribution < 1.29 is 8.42 Å². The van der Waals surface area contributed by atoms with E-state index in [9.17, 15) is 8.42 Å². The number of thioether (sulfide) groups is 1. The quantitative estimate of drug-likeness (QED) is 0.793. The van der Waals surface area contributed by atoms with Gasteiger partial charge in [0.1, 0.15) is 5.37 Å². The van der Waals surface area contributed by atoms with Gasteiger partial charge in [-0.3, -0.25) is 4.90 Å². The predicted molar refractivity (Wildman–Crippen MR) is 79.9 cm³/mol. The molecular formula is C12H26N2O2S2. The number of nitrogens with zero attached hydrogens (tertiary/aromatic N) is 1. The van der Waals surface area contributed by atoms with Gasteiger partial charge < -0.3 is 5.32 Å². The summed E-state index contributed by atoms with van der Waals surface area (Å²) < 4.78 is 23.7. The lowest BCUT2D eigenvalue weighted by Gasteiger charge is -2.39. The third-order valence-electron chi connectivity index (χ3n) is 3.17. The molecule has 1 aliphatic heterocycles. The van der Waals surface area contributed by atoms with Crippen molar-refractivity contribution in [2.75, 3.05) is 43.9 Å². The van der Waals surface area contributed by atoms with Crippen LogP contribution < -0.4 is 5.32 Å². The van der Waals surface area contributed by atoms with Crippen LogP contribution >= 0.6 is 11.8 Å². The van der Waals surface area contributed by atoms with Crippen LogP contribution in [0.2, 0.25) is 0 Å². The van der Waals surface area contributed by atoms with Crippen molar-refractivity contribution in [3.05, 3.63) is 0 Å². The zero-order valence-corrected chi connectivity index (χ0v) is 13.5. The molecule has 0 aromatic carbocycles. The Balaban J connectivity index is 2.67. The Bertz CT molecular complexity index is 355. The Labute approximate surface area is 116 Å². The number of sulfone groups is 1. The fourth-order valence-corrected chi connectivity index (χ4v) is 5.20. The zero-order valence-electron chi connectivity index (χ0n) is 11.9. The summed E-state index contributed by atoms with van der Waals surface area (Å²) in [5, 5.41) is 3.04. The van der Waals surface area contributed by atoms with Crippen LogP contribution in [0.5, 0.6) is 0 Å². The molecule has 0 spiro atoms. The molecular weight excluding hydrogens is 268 g/mol. The summed E-state index contributed by atoms with van der Waals surface area (Å²) in [6.45, 7) is 10.1. The molecule has 1 heterocycles. The molecule has 0 aromatic rings. The van der Waals surface area contributed by atoms with E-state index in [0.717, 1.165) is 31.9 Å². The number of hydrogen-bond donors (Lipinski definition) is 1. The number of nitrogens with one attached hydrogen (secondary N) is 1. The van der Waals surface area contributed by atoms with E-state index in [1.807, 2.05) is 0 Å². The topological polar surface area (TPSA) is 49.4 Å². The largest absolute Gasteiger partial charge is 0.316 e. The van der Waals surface area contributed by atoms with E-state index >= 15 is 0 Å². The van der Waals surface area contributed by atoms with Crippen LogP contribution in [0.4, 0.5) is 0 Å². The Morgan fingerprint density at radius 2 is 2.11 bits per heavy atom. The summed E-state index contributed by atoms with van der Waals surface area (Å²) in [6.07, 6.45) is 1.35. The van der Waals surface area contributed by atoms with Gasteiger partial charge in [-0.05, 0) is 12.0 Å². The molecule has 0 bridgehead atoms. The average molecular weight is 294 g/mol. The van der Waals surface area contributed by atoms with Crippen LogP contribution in [0.25, 0.3) is 0 Å². The van der Waals surface area contributed by atoms with Crippen molar-refractivity contribution >= 4 is 21.6 Å². The van der Waals surface area contributed by atoms with E-state index in [4.69, 9.17) is 0 Å². The molecule has 1 fully saturated rings. The van der Waals surface area contributed by atoms with E-state index < -0.39 is 9.84 Å². The second-order valence-electron chi connectivity index (χ2n) is 5.77. The molecule has 1 aliphatic rings. The first kappa shape index (κ1) is 16.3. The maximum atomic E-state index is 11.8. The summed E-state index contributed by atoms with van der Waals surface area (Å²) in [7, 11) is -2.98. The second kappa shape index (κ2) is 6.59. The molecule has 0 aromatic heterocycles. The first-order chi connectivity index (χ1) is 8.26. The lowest BCUT2D eigenvalue weighted by molar-refractivity contribution is 0.172. The summed E-state index contributed by atoms with van der Waals surface area (Å²) in [5.74, 6) is 1.74. The Morgan fingerprint density at radius 3 is 2.67 bits per heavy atom. The van der Waals surface area contributed by atoms with Crippen molar-refractivity contribution in [2.45, 2.75) is 26.1 Å². The summed E-state index contributed by atoms with van der Waals surface area (Å²) in [5.41, 5.74) is 0.0982. The minimum Gasteiger partial charge on any atom is -0.316 e. The summed E-state index contributed by atoms with van der Waals surface area (Å²) >= 11 is 1.74. The lowest BCUT2D eigenvalue weighted by atomic mass is 9.92. The van der Waals surface area contributed by atoms with Gasteiger partial charge in [0, 0.05) is 37.4 Å². The maximum absolute atomic E-state index is 11.8. The highest BCUT2D eigenvalue weighted by atomic mass is 32.2. The molecule has 18 heavy (non-hydrogen) atoms. The van der Waals surface area contributed by atoms with E-state index in [1.54, 1.807) is 11.8 Å². The van der Waals surface area contributed by atoms with Gasteiger partial charge >= 0.3 is 0 Å². The molecule has 1 N–H and O–H groups in total. The first-order valence-corrected chi connectivity index (χ1v) is 9.58. The third-order valence-corrected chi connectivity index (χ3v) is 5.86. The maximum Gasteiger partial charge on any atom is 0.164 e. The first-order valence-electron chi connectivity index (χ1n) is 6.47. The van der Waals surface area contributed by atoms with Gasteiger partial charge in [0.25, 0.3) is 0 Å².